The van der Waals surface area contributed by atoms with Crippen LogP contribution in [0.25, 0.3) is 10.9 Å². The first-order valence-electron chi connectivity index (χ1n) is 10.2. The normalized spacial score (nSPS) is 11.3. The van der Waals surface area contributed by atoms with Crippen molar-refractivity contribution in [1.29, 1.82) is 5.26 Å². The number of carbonyl (C=O) groups is 2. The molecule has 2 amide bonds. The summed E-state index contributed by atoms with van der Waals surface area (Å²) in [6.07, 6.45) is -3.59. The molecular formula is C23H15F4N7O2. The number of pyridine rings is 2. The zero-order valence-corrected chi connectivity index (χ0v) is 18.4. The highest BCUT2D eigenvalue weighted by atomic mass is 19.4. The molecule has 0 aliphatic heterocycles. The van der Waals surface area contributed by atoms with Crippen LogP contribution >= 0.6 is 0 Å². The Morgan fingerprint density at radius 1 is 1.22 bits per heavy atom. The standard InChI is InChI=1S/C23H15F4N7O2/c1-11-19(20(23(25,26)27)33-34(11)10-17-12(9-28)4-3-7-30-17)32-22(36)13-8-16(21(29)35)31-15-6-2-5-14(24)18(13)15/h2-8H,10H2,1H3,(H2,29,35)(H,32,36). The summed E-state index contributed by atoms with van der Waals surface area (Å²) in [6.45, 7) is 1.00. The molecule has 0 fully saturated rings. The second-order valence-electron chi connectivity index (χ2n) is 7.58. The van der Waals surface area contributed by atoms with Crippen molar-refractivity contribution in [2.75, 3.05) is 5.32 Å². The molecule has 9 nitrogen and oxygen atoms in total. The van der Waals surface area contributed by atoms with E-state index in [1.54, 1.807) is 0 Å². The van der Waals surface area contributed by atoms with Gasteiger partial charge in [0.15, 0.2) is 5.69 Å². The number of hydrogen-bond donors (Lipinski definition) is 2. The third-order valence-electron chi connectivity index (χ3n) is 5.30. The van der Waals surface area contributed by atoms with Crippen LogP contribution in [0.15, 0.2) is 42.6 Å². The molecule has 0 aliphatic rings. The number of alkyl halides is 3. The zero-order valence-electron chi connectivity index (χ0n) is 18.4. The molecule has 0 saturated carbocycles. The molecule has 0 unspecified atom stereocenters. The van der Waals surface area contributed by atoms with Crippen LogP contribution in [0.3, 0.4) is 0 Å². The fraction of sp³-hybridized carbons (Fsp3) is 0.130. The third kappa shape index (κ3) is 4.43. The van der Waals surface area contributed by atoms with Gasteiger partial charge in [-0.2, -0.15) is 23.5 Å². The van der Waals surface area contributed by atoms with E-state index in [0.717, 1.165) is 16.8 Å². The van der Waals surface area contributed by atoms with Crippen LogP contribution in [-0.2, 0) is 12.7 Å². The Morgan fingerprint density at radius 3 is 2.64 bits per heavy atom. The highest BCUT2D eigenvalue weighted by Gasteiger charge is 2.39. The first-order chi connectivity index (χ1) is 17.0. The van der Waals surface area contributed by atoms with Crippen LogP contribution in [-0.4, -0.2) is 31.6 Å². The van der Waals surface area contributed by atoms with Crippen molar-refractivity contribution in [3.63, 3.8) is 0 Å². The van der Waals surface area contributed by atoms with E-state index >= 15 is 0 Å². The van der Waals surface area contributed by atoms with Crippen molar-refractivity contribution >= 4 is 28.4 Å². The highest BCUT2D eigenvalue weighted by Crippen LogP contribution is 2.36. The predicted octanol–water partition coefficient (Wildman–Crippen LogP) is 3.56. The summed E-state index contributed by atoms with van der Waals surface area (Å²) >= 11 is 0. The van der Waals surface area contributed by atoms with E-state index in [9.17, 15) is 32.4 Å². The molecule has 36 heavy (non-hydrogen) atoms. The second-order valence-corrected chi connectivity index (χ2v) is 7.58. The first kappa shape index (κ1) is 24.3. The van der Waals surface area contributed by atoms with Crippen molar-refractivity contribution in [1.82, 2.24) is 19.7 Å². The Balaban J connectivity index is 1.82. The number of amides is 2. The number of rotatable bonds is 5. The Morgan fingerprint density at radius 2 is 1.97 bits per heavy atom. The molecule has 0 spiro atoms. The number of nitrogens with two attached hydrogens (primary N) is 1. The van der Waals surface area contributed by atoms with Gasteiger partial charge in [0, 0.05) is 11.6 Å². The maximum atomic E-state index is 14.6. The molecule has 3 N–H and O–H groups in total. The molecule has 0 radical (unpaired) electrons. The first-order valence-corrected chi connectivity index (χ1v) is 10.2. The number of carbonyl (C=O) groups excluding carboxylic acids is 2. The number of nitriles is 1. The van der Waals surface area contributed by atoms with E-state index in [1.807, 2.05) is 6.07 Å². The summed E-state index contributed by atoms with van der Waals surface area (Å²) in [5.41, 5.74) is 2.49. The lowest BCUT2D eigenvalue weighted by Crippen LogP contribution is -2.20. The molecule has 0 bridgehead atoms. The van der Waals surface area contributed by atoms with E-state index in [4.69, 9.17) is 5.73 Å². The Hall–Kier alpha value is -4.86. The van der Waals surface area contributed by atoms with Gasteiger partial charge in [-0.1, -0.05) is 6.07 Å². The maximum absolute atomic E-state index is 14.6. The van der Waals surface area contributed by atoms with E-state index in [1.165, 1.54) is 37.4 Å². The number of primary amides is 1. The second kappa shape index (κ2) is 9.06. The van der Waals surface area contributed by atoms with Gasteiger partial charge in [0.05, 0.1) is 40.3 Å². The van der Waals surface area contributed by atoms with Gasteiger partial charge in [-0.3, -0.25) is 19.3 Å². The molecule has 0 aliphatic carbocycles. The third-order valence-corrected chi connectivity index (χ3v) is 5.30. The quantitative estimate of drug-likeness (QED) is 0.404. The lowest BCUT2D eigenvalue weighted by molar-refractivity contribution is -0.140. The van der Waals surface area contributed by atoms with Crippen LogP contribution in [0, 0.1) is 24.1 Å². The van der Waals surface area contributed by atoms with E-state index in [2.05, 4.69) is 20.4 Å². The molecule has 3 aromatic heterocycles. The molecule has 4 rings (SSSR count). The van der Waals surface area contributed by atoms with Crippen LogP contribution in [0.1, 0.15) is 43.5 Å². The van der Waals surface area contributed by atoms with Gasteiger partial charge in [0.2, 0.25) is 0 Å². The van der Waals surface area contributed by atoms with Crippen molar-refractivity contribution in [2.45, 2.75) is 19.6 Å². The lowest BCUT2D eigenvalue weighted by Gasteiger charge is -2.12. The smallest absolute Gasteiger partial charge is 0.364 e. The maximum Gasteiger partial charge on any atom is 0.437 e. The number of hydrogen-bond acceptors (Lipinski definition) is 6. The average molecular weight is 497 g/mol. The molecular weight excluding hydrogens is 482 g/mol. The fourth-order valence-corrected chi connectivity index (χ4v) is 3.59. The minimum absolute atomic E-state index is 0.0842. The van der Waals surface area contributed by atoms with Crippen molar-refractivity contribution in [3.05, 3.63) is 82.3 Å². The molecule has 3 heterocycles. The monoisotopic (exact) mass is 497 g/mol. The number of nitrogens with one attached hydrogen (secondary N) is 1. The zero-order chi connectivity index (χ0) is 26.2. The van der Waals surface area contributed by atoms with Crippen LogP contribution < -0.4 is 11.1 Å². The molecule has 13 heteroatoms. The van der Waals surface area contributed by atoms with Crippen molar-refractivity contribution < 1.29 is 27.2 Å². The van der Waals surface area contributed by atoms with Crippen LogP contribution in [0.4, 0.5) is 23.2 Å². The van der Waals surface area contributed by atoms with Gasteiger partial charge in [-0.15, -0.1) is 0 Å². The Kier molecular flexibility index (Phi) is 6.11. The largest absolute Gasteiger partial charge is 0.437 e. The summed E-state index contributed by atoms with van der Waals surface area (Å²) < 4.78 is 57.0. The molecule has 1 aromatic carbocycles. The molecule has 0 saturated heterocycles. The number of benzene rings is 1. The molecule has 0 atom stereocenters. The van der Waals surface area contributed by atoms with Gasteiger partial charge in [0.1, 0.15) is 17.6 Å². The predicted molar refractivity (Wildman–Crippen MR) is 118 cm³/mol. The summed E-state index contributed by atoms with van der Waals surface area (Å²) in [5, 5.41) is 14.7. The molecule has 4 aromatic rings. The number of anilines is 1. The van der Waals surface area contributed by atoms with Gasteiger partial charge in [0.25, 0.3) is 11.8 Å². The average Bonchev–Trinajstić information content (AvgIpc) is 3.14. The minimum atomic E-state index is -4.97. The Bertz CT molecular complexity index is 1570. The van der Waals surface area contributed by atoms with Crippen LogP contribution in [0.2, 0.25) is 0 Å². The number of halogens is 4. The minimum Gasteiger partial charge on any atom is -0.364 e. The summed E-state index contributed by atoms with van der Waals surface area (Å²) in [6, 6.07) is 9.42. The van der Waals surface area contributed by atoms with E-state index < -0.39 is 40.8 Å². The number of fused-ring (bicyclic) bond motifs is 1. The topological polar surface area (TPSA) is 140 Å². The highest BCUT2D eigenvalue weighted by molar-refractivity contribution is 6.14. The summed E-state index contributed by atoms with van der Waals surface area (Å²) in [7, 11) is 0. The van der Waals surface area contributed by atoms with Gasteiger partial charge >= 0.3 is 6.18 Å². The fourth-order valence-electron chi connectivity index (χ4n) is 3.59. The summed E-state index contributed by atoms with van der Waals surface area (Å²) in [4.78, 5) is 32.7. The van der Waals surface area contributed by atoms with Crippen LogP contribution in [0.5, 0.6) is 0 Å². The summed E-state index contributed by atoms with van der Waals surface area (Å²) in [5.74, 6) is -3.03. The SMILES string of the molecule is Cc1c(NC(=O)c2cc(C(N)=O)nc3cccc(F)c23)c(C(F)(F)F)nn1Cc1ncccc1C#N. The van der Waals surface area contributed by atoms with E-state index in [-0.39, 0.29) is 40.1 Å². The lowest BCUT2D eigenvalue weighted by atomic mass is 10.1. The van der Waals surface area contributed by atoms with Gasteiger partial charge in [-0.25, -0.2) is 9.37 Å². The van der Waals surface area contributed by atoms with Crippen molar-refractivity contribution in [2.24, 2.45) is 5.73 Å². The van der Waals surface area contributed by atoms with Crippen molar-refractivity contribution in [3.8, 4) is 6.07 Å². The number of nitrogens with zero attached hydrogens (tertiary/aromatic N) is 5. The van der Waals surface area contributed by atoms with E-state index in [0.29, 0.717) is 0 Å². The van der Waals surface area contributed by atoms with Gasteiger partial charge in [-0.05, 0) is 37.3 Å². The molecule has 182 valence electrons. The number of aromatic nitrogens is 4. The Labute approximate surface area is 200 Å². The van der Waals surface area contributed by atoms with Gasteiger partial charge < -0.3 is 11.1 Å².